The molecule has 7 nitrogen and oxygen atoms in total. The van der Waals surface area contributed by atoms with Gasteiger partial charge in [0.15, 0.2) is 11.5 Å². The molecule has 0 radical (unpaired) electrons. The topological polar surface area (TPSA) is 84.9 Å². The number of piperidine rings is 1. The van der Waals surface area contributed by atoms with Crippen molar-refractivity contribution in [2.75, 3.05) is 33.1 Å². The molecule has 1 N–H and O–H groups in total. The van der Waals surface area contributed by atoms with Crippen molar-refractivity contribution in [1.29, 1.82) is 0 Å². The Morgan fingerprint density at radius 2 is 1.96 bits per heavy atom. The standard InChI is InChI=1S/C19H30N2O5S/c1-4-13-27(23,24)21-12-6-5-7-16(21)19(22)20-11-10-15-8-9-17(25-2)18(14-15)26-3/h8-9,14,16H,4-7,10-13H2,1-3H3,(H,20,22). The molecule has 2 rings (SSSR count). The number of amides is 1. The lowest BCUT2D eigenvalue weighted by Crippen LogP contribution is -2.52. The Kier molecular flexibility index (Phi) is 7.91. The summed E-state index contributed by atoms with van der Waals surface area (Å²) in [7, 11) is -0.215. The maximum absolute atomic E-state index is 12.6. The summed E-state index contributed by atoms with van der Waals surface area (Å²) in [6.07, 6.45) is 3.42. The molecule has 1 fully saturated rings. The quantitative estimate of drug-likeness (QED) is 0.687. The number of carbonyl (C=O) groups is 1. The number of nitrogens with one attached hydrogen (secondary N) is 1. The predicted molar refractivity (Wildman–Crippen MR) is 105 cm³/mol. The molecule has 0 aromatic heterocycles. The predicted octanol–water partition coefficient (Wildman–Crippen LogP) is 1.96. The summed E-state index contributed by atoms with van der Waals surface area (Å²) in [4.78, 5) is 12.6. The van der Waals surface area contributed by atoms with Crippen LogP contribution in [0.15, 0.2) is 18.2 Å². The van der Waals surface area contributed by atoms with Crippen LogP contribution in [-0.2, 0) is 21.2 Å². The third-order valence-electron chi connectivity index (χ3n) is 4.74. The first-order valence-corrected chi connectivity index (χ1v) is 11.0. The molecular weight excluding hydrogens is 368 g/mol. The molecule has 1 aromatic rings. The van der Waals surface area contributed by atoms with Gasteiger partial charge in [-0.3, -0.25) is 4.79 Å². The van der Waals surface area contributed by atoms with E-state index in [9.17, 15) is 13.2 Å². The van der Waals surface area contributed by atoms with E-state index in [1.165, 1.54) is 4.31 Å². The summed E-state index contributed by atoms with van der Waals surface area (Å²) >= 11 is 0. The van der Waals surface area contributed by atoms with Crippen LogP contribution < -0.4 is 14.8 Å². The van der Waals surface area contributed by atoms with Crippen LogP contribution in [0.4, 0.5) is 0 Å². The molecule has 1 unspecified atom stereocenters. The van der Waals surface area contributed by atoms with Gasteiger partial charge in [-0.2, -0.15) is 4.31 Å². The first-order chi connectivity index (χ1) is 12.9. The summed E-state index contributed by atoms with van der Waals surface area (Å²) < 4.78 is 36.8. The van der Waals surface area contributed by atoms with E-state index in [4.69, 9.17) is 9.47 Å². The van der Waals surface area contributed by atoms with Crippen molar-refractivity contribution >= 4 is 15.9 Å². The fraction of sp³-hybridized carbons (Fsp3) is 0.632. The van der Waals surface area contributed by atoms with E-state index in [1.54, 1.807) is 14.2 Å². The molecule has 1 aromatic carbocycles. The zero-order valence-corrected chi connectivity index (χ0v) is 17.2. The maximum atomic E-state index is 12.6. The Labute approximate surface area is 162 Å². The molecule has 0 spiro atoms. The van der Waals surface area contributed by atoms with Gasteiger partial charge in [0.25, 0.3) is 0 Å². The Morgan fingerprint density at radius 1 is 1.22 bits per heavy atom. The van der Waals surface area contributed by atoms with E-state index >= 15 is 0 Å². The zero-order valence-electron chi connectivity index (χ0n) is 16.4. The van der Waals surface area contributed by atoms with E-state index in [1.807, 2.05) is 25.1 Å². The normalized spacial score (nSPS) is 18.1. The van der Waals surface area contributed by atoms with Crippen LogP contribution >= 0.6 is 0 Å². The minimum Gasteiger partial charge on any atom is -0.493 e. The Hall–Kier alpha value is -1.80. The largest absolute Gasteiger partial charge is 0.493 e. The second-order valence-electron chi connectivity index (χ2n) is 6.67. The van der Waals surface area contributed by atoms with Crippen molar-refractivity contribution in [3.05, 3.63) is 23.8 Å². The average molecular weight is 399 g/mol. The van der Waals surface area contributed by atoms with Crippen molar-refractivity contribution in [2.45, 2.75) is 45.1 Å². The van der Waals surface area contributed by atoms with Crippen molar-refractivity contribution in [3.8, 4) is 11.5 Å². The van der Waals surface area contributed by atoms with E-state index in [2.05, 4.69) is 5.32 Å². The molecule has 152 valence electrons. The van der Waals surface area contributed by atoms with E-state index in [0.29, 0.717) is 43.9 Å². The van der Waals surface area contributed by atoms with Gasteiger partial charge in [0.2, 0.25) is 15.9 Å². The Bertz CT molecular complexity index is 736. The maximum Gasteiger partial charge on any atom is 0.238 e. The van der Waals surface area contributed by atoms with Gasteiger partial charge in [-0.15, -0.1) is 0 Å². The number of rotatable bonds is 9. The number of sulfonamides is 1. The molecular formula is C19H30N2O5S. The van der Waals surface area contributed by atoms with Crippen molar-refractivity contribution in [3.63, 3.8) is 0 Å². The highest BCUT2D eigenvalue weighted by Gasteiger charge is 2.35. The fourth-order valence-electron chi connectivity index (χ4n) is 3.36. The lowest BCUT2D eigenvalue weighted by molar-refractivity contribution is -0.125. The van der Waals surface area contributed by atoms with Crippen LogP contribution in [0.2, 0.25) is 0 Å². The molecule has 1 aliphatic rings. The first kappa shape index (κ1) is 21.5. The number of ether oxygens (including phenoxy) is 2. The van der Waals surface area contributed by atoms with Gasteiger partial charge in [-0.05, 0) is 43.4 Å². The number of nitrogens with zero attached hydrogens (tertiary/aromatic N) is 1. The smallest absolute Gasteiger partial charge is 0.238 e. The summed E-state index contributed by atoms with van der Waals surface area (Å²) in [6, 6.07) is 5.03. The molecule has 1 atom stereocenters. The second kappa shape index (κ2) is 9.94. The molecule has 8 heteroatoms. The zero-order chi connectivity index (χ0) is 19.9. The van der Waals surface area contributed by atoms with Crippen LogP contribution in [0.25, 0.3) is 0 Å². The van der Waals surface area contributed by atoms with Crippen molar-refractivity contribution < 1.29 is 22.7 Å². The van der Waals surface area contributed by atoms with Gasteiger partial charge in [0.05, 0.1) is 20.0 Å². The number of carbonyl (C=O) groups excluding carboxylic acids is 1. The summed E-state index contributed by atoms with van der Waals surface area (Å²) in [5.74, 6) is 1.17. The van der Waals surface area contributed by atoms with E-state index < -0.39 is 16.1 Å². The highest BCUT2D eigenvalue weighted by atomic mass is 32.2. The average Bonchev–Trinajstić information content (AvgIpc) is 2.67. The van der Waals surface area contributed by atoms with Gasteiger partial charge >= 0.3 is 0 Å². The molecule has 27 heavy (non-hydrogen) atoms. The van der Waals surface area contributed by atoms with Gasteiger partial charge in [0.1, 0.15) is 6.04 Å². The molecule has 0 aliphatic carbocycles. The SMILES string of the molecule is CCCS(=O)(=O)N1CCCCC1C(=O)NCCc1ccc(OC)c(OC)c1. The van der Waals surface area contributed by atoms with E-state index in [-0.39, 0.29) is 11.7 Å². The third-order valence-corrected chi connectivity index (χ3v) is 6.81. The van der Waals surface area contributed by atoms with Gasteiger partial charge in [-0.1, -0.05) is 19.4 Å². The van der Waals surface area contributed by atoms with Crippen molar-refractivity contribution in [1.82, 2.24) is 9.62 Å². The van der Waals surface area contributed by atoms with Crippen LogP contribution in [0, 0.1) is 0 Å². The summed E-state index contributed by atoms with van der Waals surface area (Å²) in [6.45, 7) is 2.70. The minimum absolute atomic E-state index is 0.0857. The summed E-state index contributed by atoms with van der Waals surface area (Å²) in [5, 5.41) is 2.89. The van der Waals surface area contributed by atoms with Gasteiger partial charge < -0.3 is 14.8 Å². The van der Waals surface area contributed by atoms with Crippen LogP contribution in [0.1, 0.15) is 38.2 Å². The lowest BCUT2D eigenvalue weighted by atomic mass is 10.0. The number of hydrogen-bond acceptors (Lipinski definition) is 5. The monoisotopic (exact) mass is 398 g/mol. The first-order valence-electron chi connectivity index (χ1n) is 9.41. The Morgan fingerprint density at radius 3 is 2.63 bits per heavy atom. The highest BCUT2D eigenvalue weighted by molar-refractivity contribution is 7.89. The van der Waals surface area contributed by atoms with Crippen molar-refractivity contribution in [2.24, 2.45) is 0 Å². The molecule has 1 aliphatic heterocycles. The number of hydrogen-bond donors (Lipinski definition) is 1. The van der Waals surface area contributed by atoms with E-state index in [0.717, 1.165) is 18.4 Å². The lowest BCUT2D eigenvalue weighted by Gasteiger charge is -2.33. The molecule has 1 amide bonds. The van der Waals surface area contributed by atoms with Crippen LogP contribution in [-0.4, -0.2) is 57.7 Å². The van der Waals surface area contributed by atoms with Crippen LogP contribution in [0.5, 0.6) is 11.5 Å². The fourth-order valence-corrected chi connectivity index (χ4v) is 5.11. The number of benzene rings is 1. The molecule has 1 saturated heterocycles. The minimum atomic E-state index is -3.38. The Balaban J connectivity index is 1.96. The number of methoxy groups -OCH3 is 2. The van der Waals surface area contributed by atoms with Gasteiger partial charge in [0, 0.05) is 13.1 Å². The molecule has 1 heterocycles. The molecule has 0 saturated carbocycles. The third kappa shape index (κ3) is 5.59. The highest BCUT2D eigenvalue weighted by Crippen LogP contribution is 2.27. The van der Waals surface area contributed by atoms with Gasteiger partial charge in [-0.25, -0.2) is 8.42 Å². The van der Waals surface area contributed by atoms with Crippen LogP contribution in [0.3, 0.4) is 0 Å². The molecule has 0 bridgehead atoms. The second-order valence-corrected chi connectivity index (χ2v) is 8.71. The summed E-state index contributed by atoms with van der Waals surface area (Å²) in [5.41, 5.74) is 1.01.